The molecule has 0 saturated carbocycles. The molecule has 0 aromatic rings. The number of hydrogen-bond acceptors (Lipinski definition) is 2. The Morgan fingerprint density at radius 3 is 2.57 bits per heavy atom. The lowest BCUT2D eigenvalue weighted by atomic mass is 10.1. The summed E-state index contributed by atoms with van der Waals surface area (Å²) >= 11 is 4.34. The van der Waals surface area contributed by atoms with Crippen molar-refractivity contribution in [2.24, 2.45) is 5.92 Å². The summed E-state index contributed by atoms with van der Waals surface area (Å²) in [4.78, 5) is 0. The summed E-state index contributed by atoms with van der Waals surface area (Å²) in [6.07, 6.45) is 6.40. The minimum absolute atomic E-state index is 0.870. The van der Waals surface area contributed by atoms with Crippen LogP contribution < -0.4 is 0 Å². The fraction of sp³-hybridized carbons (Fsp3) is 0.833. The van der Waals surface area contributed by atoms with Crippen molar-refractivity contribution in [3.63, 3.8) is 0 Å². The van der Waals surface area contributed by atoms with Gasteiger partial charge in [0.05, 0.1) is 4.58 Å². The predicted molar refractivity (Wildman–Crippen MR) is 71.2 cm³/mol. The molecule has 2 heteroatoms. The highest BCUT2D eigenvalue weighted by Gasteiger charge is 2.20. The Kier molecular flexibility index (Phi) is 6.11. The van der Waals surface area contributed by atoms with Gasteiger partial charge in [0.25, 0.3) is 0 Å². The van der Waals surface area contributed by atoms with Crippen molar-refractivity contribution in [2.75, 3.05) is 11.5 Å². The maximum absolute atomic E-state index is 2.41. The largest absolute Gasteiger partial charge is 0.147 e. The van der Waals surface area contributed by atoms with Crippen LogP contribution in [-0.2, 0) is 0 Å². The molecular formula is C12H22S2. The predicted octanol–water partition coefficient (Wildman–Crippen LogP) is 4.57. The van der Waals surface area contributed by atoms with Gasteiger partial charge in [0.1, 0.15) is 0 Å². The zero-order valence-corrected chi connectivity index (χ0v) is 11.2. The molecule has 14 heavy (non-hydrogen) atoms. The Bertz CT molecular complexity index is 177. The van der Waals surface area contributed by atoms with Crippen LogP contribution in [-0.4, -0.2) is 16.1 Å². The molecule has 1 heterocycles. The van der Waals surface area contributed by atoms with E-state index >= 15 is 0 Å². The van der Waals surface area contributed by atoms with E-state index in [1.54, 1.807) is 0 Å². The second-order valence-electron chi connectivity index (χ2n) is 4.30. The fourth-order valence-corrected chi connectivity index (χ4v) is 4.77. The van der Waals surface area contributed by atoms with Crippen molar-refractivity contribution >= 4 is 23.5 Å². The van der Waals surface area contributed by atoms with Crippen molar-refractivity contribution in [1.29, 1.82) is 0 Å². The lowest BCUT2D eigenvalue weighted by Gasteiger charge is -2.26. The Labute approximate surface area is 97.3 Å². The Balaban J connectivity index is 2.19. The topological polar surface area (TPSA) is 0 Å². The van der Waals surface area contributed by atoms with Crippen LogP contribution in [0.1, 0.15) is 40.0 Å². The van der Waals surface area contributed by atoms with E-state index in [1.165, 1.54) is 36.3 Å². The molecule has 0 spiro atoms. The zero-order valence-electron chi connectivity index (χ0n) is 9.58. The molecule has 1 aliphatic heterocycles. The molecule has 82 valence electrons. The highest BCUT2D eigenvalue weighted by atomic mass is 32.2. The van der Waals surface area contributed by atoms with Gasteiger partial charge in [-0.3, -0.25) is 0 Å². The molecule has 0 nitrogen and oxygen atoms in total. The van der Waals surface area contributed by atoms with Crippen molar-refractivity contribution in [2.45, 2.75) is 44.6 Å². The lowest BCUT2D eigenvalue weighted by molar-refractivity contribution is 0.582. The smallest absolute Gasteiger partial charge is 0.0528 e. The highest BCUT2D eigenvalue weighted by molar-refractivity contribution is 8.17. The van der Waals surface area contributed by atoms with Crippen LogP contribution in [0.4, 0.5) is 0 Å². The molecular weight excluding hydrogens is 208 g/mol. The number of rotatable bonds is 4. The van der Waals surface area contributed by atoms with E-state index < -0.39 is 0 Å². The van der Waals surface area contributed by atoms with Gasteiger partial charge in [-0.2, -0.15) is 0 Å². The first kappa shape index (κ1) is 12.5. The molecule has 0 aromatic carbocycles. The summed E-state index contributed by atoms with van der Waals surface area (Å²) in [6, 6.07) is 0. The quantitative estimate of drug-likeness (QED) is 0.649. The molecule has 1 unspecified atom stereocenters. The minimum Gasteiger partial charge on any atom is -0.147 e. The molecule has 1 aliphatic rings. The highest BCUT2D eigenvalue weighted by Crippen LogP contribution is 2.37. The Morgan fingerprint density at radius 1 is 1.36 bits per heavy atom. The maximum Gasteiger partial charge on any atom is 0.0528 e. The molecule has 0 bridgehead atoms. The molecule has 0 amide bonds. The fourth-order valence-electron chi connectivity index (χ4n) is 1.61. The minimum atomic E-state index is 0.870. The first-order valence-electron chi connectivity index (χ1n) is 5.56. The van der Waals surface area contributed by atoms with E-state index in [-0.39, 0.29) is 0 Å². The van der Waals surface area contributed by atoms with Gasteiger partial charge in [-0.25, -0.2) is 0 Å². The second kappa shape index (κ2) is 6.84. The molecule has 1 fully saturated rings. The van der Waals surface area contributed by atoms with Gasteiger partial charge in [0.15, 0.2) is 0 Å². The van der Waals surface area contributed by atoms with Crippen LogP contribution >= 0.6 is 23.5 Å². The molecule has 0 radical (unpaired) electrons. The third-order valence-electron chi connectivity index (χ3n) is 2.49. The van der Waals surface area contributed by atoms with Gasteiger partial charge >= 0.3 is 0 Å². The average Bonchev–Trinajstić information content (AvgIpc) is 2.18. The number of hydrogen-bond donors (Lipinski definition) is 0. The first-order chi connectivity index (χ1) is 6.70. The van der Waals surface area contributed by atoms with E-state index in [0.717, 1.165) is 10.5 Å². The second-order valence-corrected chi connectivity index (χ2v) is 7.10. The molecule has 0 N–H and O–H groups in total. The molecule has 0 aromatic heterocycles. The number of allylic oxidation sites excluding steroid dienone is 2. The van der Waals surface area contributed by atoms with E-state index in [2.05, 4.69) is 50.4 Å². The van der Waals surface area contributed by atoms with Gasteiger partial charge in [-0.15, -0.1) is 23.5 Å². The molecule has 1 saturated heterocycles. The molecule has 1 atom stereocenters. The van der Waals surface area contributed by atoms with E-state index in [4.69, 9.17) is 0 Å². The van der Waals surface area contributed by atoms with Gasteiger partial charge in [-0.05, 0) is 50.5 Å². The van der Waals surface area contributed by atoms with Crippen LogP contribution in [0.25, 0.3) is 0 Å². The van der Waals surface area contributed by atoms with Gasteiger partial charge in [0.2, 0.25) is 0 Å². The van der Waals surface area contributed by atoms with Crippen LogP contribution in [0.2, 0.25) is 0 Å². The summed E-state index contributed by atoms with van der Waals surface area (Å²) in [5.74, 6) is 3.64. The Morgan fingerprint density at radius 2 is 2.00 bits per heavy atom. The standard InChI is InChI=1S/C12H22S2/c1-10(2)6-4-7-11(3)12-13-8-5-9-14-12/h6,11-12H,4-5,7-9H2,1-3H3. The van der Waals surface area contributed by atoms with Crippen molar-refractivity contribution in [1.82, 2.24) is 0 Å². The molecule has 1 rings (SSSR count). The number of thioether (sulfide) groups is 2. The van der Waals surface area contributed by atoms with E-state index in [1.807, 2.05) is 0 Å². The van der Waals surface area contributed by atoms with Crippen molar-refractivity contribution in [3.05, 3.63) is 11.6 Å². The summed E-state index contributed by atoms with van der Waals surface area (Å²) < 4.78 is 0.870. The Hall–Kier alpha value is 0.440. The van der Waals surface area contributed by atoms with Crippen LogP contribution in [0.3, 0.4) is 0 Å². The third-order valence-corrected chi connectivity index (χ3v) is 5.94. The first-order valence-corrected chi connectivity index (χ1v) is 7.66. The monoisotopic (exact) mass is 230 g/mol. The van der Waals surface area contributed by atoms with Crippen LogP contribution in [0.5, 0.6) is 0 Å². The van der Waals surface area contributed by atoms with Crippen LogP contribution in [0.15, 0.2) is 11.6 Å². The zero-order chi connectivity index (χ0) is 10.4. The van der Waals surface area contributed by atoms with Crippen molar-refractivity contribution < 1.29 is 0 Å². The van der Waals surface area contributed by atoms with Gasteiger partial charge in [0, 0.05) is 0 Å². The SMILES string of the molecule is CC(C)=CCCC(C)C1SCCCS1. The summed E-state index contributed by atoms with van der Waals surface area (Å²) in [5.41, 5.74) is 1.46. The maximum atomic E-state index is 2.41. The van der Waals surface area contributed by atoms with Gasteiger partial charge in [-0.1, -0.05) is 18.6 Å². The van der Waals surface area contributed by atoms with E-state index in [0.29, 0.717) is 0 Å². The summed E-state index contributed by atoms with van der Waals surface area (Å²) in [6.45, 7) is 6.79. The lowest BCUT2D eigenvalue weighted by Crippen LogP contribution is -2.15. The normalized spacial score (nSPS) is 20.5. The third kappa shape index (κ3) is 4.79. The summed E-state index contributed by atoms with van der Waals surface area (Å²) in [7, 11) is 0. The average molecular weight is 230 g/mol. The van der Waals surface area contributed by atoms with Crippen molar-refractivity contribution in [3.8, 4) is 0 Å². The van der Waals surface area contributed by atoms with E-state index in [9.17, 15) is 0 Å². The summed E-state index contributed by atoms with van der Waals surface area (Å²) in [5, 5.41) is 0. The van der Waals surface area contributed by atoms with Crippen LogP contribution in [0, 0.1) is 5.92 Å². The van der Waals surface area contributed by atoms with Gasteiger partial charge < -0.3 is 0 Å². The molecule has 0 aliphatic carbocycles.